The highest BCUT2D eigenvalue weighted by molar-refractivity contribution is 7.98. The first kappa shape index (κ1) is 16.3. The van der Waals surface area contributed by atoms with Gasteiger partial charge in [-0.3, -0.25) is 4.79 Å². The molecule has 0 unspecified atom stereocenters. The van der Waals surface area contributed by atoms with Crippen molar-refractivity contribution in [2.45, 2.75) is 4.90 Å². The predicted octanol–water partition coefficient (Wildman–Crippen LogP) is 5.47. The second kappa shape index (κ2) is 7.37. The maximum atomic E-state index is 12.4. The summed E-state index contributed by atoms with van der Waals surface area (Å²) in [5.74, 6) is 0.817. The van der Waals surface area contributed by atoms with E-state index in [1.165, 1.54) is 4.90 Å². The van der Waals surface area contributed by atoms with Crippen LogP contribution in [0.4, 0.5) is 0 Å². The number of ketones is 1. The number of ether oxygens (including phenoxy) is 1. The van der Waals surface area contributed by atoms with Crippen LogP contribution >= 0.6 is 11.8 Å². The van der Waals surface area contributed by atoms with E-state index in [2.05, 4.69) is 12.1 Å². The number of hydrogen-bond acceptors (Lipinski definition) is 3. The third kappa shape index (κ3) is 3.69. The minimum absolute atomic E-state index is 0.00154. The summed E-state index contributed by atoms with van der Waals surface area (Å²) in [6.07, 6.45) is 5.52. The monoisotopic (exact) mass is 334 g/mol. The Hall–Kier alpha value is -2.52. The first-order chi connectivity index (χ1) is 11.7. The maximum Gasteiger partial charge on any atom is 0.185 e. The van der Waals surface area contributed by atoms with Crippen molar-refractivity contribution >= 4 is 34.4 Å². The number of fused-ring (bicyclic) bond motifs is 1. The number of carbonyl (C=O) groups excluding carboxylic acids is 1. The van der Waals surface area contributed by atoms with Gasteiger partial charge in [-0.1, -0.05) is 36.4 Å². The summed E-state index contributed by atoms with van der Waals surface area (Å²) < 4.78 is 5.22. The third-order valence-corrected chi connectivity index (χ3v) is 4.62. The summed E-state index contributed by atoms with van der Waals surface area (Å²) in [6, 6.07) is 19.7. The summed E-state index contributed by atoms with van der Waals surface area (Å²) in [4.78, 5) is 13.6. The molecule has 0 heterocycles. The maximum absolute atomic E-state index is 12.4. The van der Waals surface area contributed by atoms with E-state index in [4.69, 9.17) is 4.74 Å². The largest absolute Gasteiger partial charge is 0.497 e. The molecular weight excluding hydrogens is 316 g/mol. The summed E-state index contributed by atoms with van der Waals surface area (Å²) in [5.41, 5.74) is 1.70. The lowest BCUT2D eigenvalue weighted by Crippen LogP contribution is -1.94. The quantitative estimate of drug-likeness (QED) is 0.352. The van der Waals surface area contributed by atoms with Crippen LogP contribution in [0.3, 0.4) is 0 Å². The van der Waals surface area contributed by atoms with Gasteiger partial charge in [0.2, 0.25) is 0 Å². The topological polar surface area (TPSA) is 26.3 Å². The third-order valence-electron chi connectivity index (χ3n) is 3.87. The molecule has 0 aromatic heterocycles. The molecule has 0 N–H and O–H groups in total. The number of rotatable bonds is 5. The SMILES string of the molecule is COc1ccc2cc(C(=O)/C=C/c3ccc(SC)cc3)ccc2c1. The highest BCUT2D eigenvalue weighted by atomic mass is 32.2. The molecule has 0 aliphatic carbocycles. The van der Waals surface area contributed by atoms with Crippen molar-refractivity contribution in [2.24, 2.45) is 0 Å². The van der Waals surface area contributed by atoms with E-state index >= 15 is 0 Å². The van der Waals surface area contributed by atoms with E-state index in [0.717, 1.165) is 22.1 Å². The molecule has 3 aromatic rings. The average molecular weight is 334 g/mol. The van der Waals surface area contributed by atoms with Gasteiger partial charge in [0.1, 0.15) is 5.75 Å². The molecule has 2 nitrogen and oxygen atoms in total. The molecule has 0 aliphatic heterocycles. The van der Waals surface area contributed by atoms with Crippen molar-refractivity contribution in [3.8, 4) is 5.75 Å². The van der Waals surface area contributed by atoms with E-state index in [0.29, 0.717) is 5.56 Å². The van der Waals surface area contributed by atoms with Crippen molar-refractivity contribution in [3.05, 3.63) is 77.9 Å². The molecule has 120 valence electrons. The Morgan fingerprint density at radius 2 is 1.67 bits per heavy atom. The van der Waals surface area contributed by atoms with E-state index in [9.17, 15) is 4.79 Å². The Morgan fingerprint density at radius 3 is 2.38 bits per heavy atom. The number of allylic oxidation sites excluding steroid dienone is 1. The number of thioether (sulfide) groups is 1. The van der Waals surface area contributed by atoms with Crippen LogP contribution in [0.15, 0.2) is 71.6 Å². The van der Waals surface area contributed by atoms with Gasteiger partial charge in [-0.2, -0.15) is 0 Å². The average Bonchev–Trinajstić information content (AvgIpc) is 2.65. The van der Waals surface area contributed by atoms with E-state index in [1.54, 1.807) is 24.9 Å². The number of carbonyl (C=O) groups is 1. The van der Waals surface area contributed by atoms with Gasteiger partial charge in [-0.15, -0.1) is 11.8 Å². The Labute approximate surface area is 146 Å². The first-order valence-corrected chi connectivity index (χ1v) is 8.86. The molecule has 3 rings (SSSR count). The van der Waals surface area contributed by atoms with Gasteiger partial charge in [0.25, 0.3) is 0 Å². The van der Waals surface area contributed by atoms with E-state index in [1.807, 2.05) is 60.9 Å². The van der Waals surface area contributed by atoms with Crippen LogP contribution in [0.2, 0.25) is 0 Å². The highest BCUT2D eigenvalue weighted by Crippen LogP contribution is 2.22. The Morgan fingerprint density at radius 1 is 0.958 bits per heavy atom. The number of benzene rings is 3. The molecule has 0 saturated carbocycles. The van der Waals surface area contributed by atoms with Gasteiger partial charge in [0.05, 0.1) is 7.11 Å². The fraction of sp³-hybridized carbons (Fsp3) is 0.0952. The smallest absolute Gasteiger partial charge is 0.185 e. The van der Waals surface area contributed by atoms with Crippen molar-refractivity contribution in [1.82, 2.24) is 0 Å². The zero-order chi connectivity index (χ0) is 16.9. The number of hydrogen-bond donors (Lipinski definition) is 0. The van der Waals surface area contributed by atoms with Crippen LogP contribution in [0.5, 0.6) is 5.75 Å². The zero-order valence-electron chi connectivity index (χ0n) is 13.7. The fourth-order valence-corrected chi connectivity index (χ4v) is 2.90. The highest BCUT2D eigenvalue weighted by Gasteiger charge is 2.04. The lowest BCUT2D eigenvalue weighted by Gasteiger charge is -2.04. The van der Waals surface area contributed by atoms with Crippen molar-refractivity contribution in [1.29, 1.82) is 0 Å². The van der Waals surface area contributed by atoms with Gasteiger partial charge in [-0.25, -0.2) is 0 Å². The van der Waals surface area contributed by atoms with Gasteiger partial charge in [0, 0.05) is 10.5 Å². The Kier molecular flexibility index (Phi) is 5.02. The predicted molar refractivity (Wildman–Crippen MR) is 102 cm³/mol. The first-order valence-electron chi connectivity index (χ1n) is 7.64. The molecule has 0 spiro atoms. The molecule has 3 aromatic carbocycles. The van der Waals surface area contributed by atoms with Gasteiger partial charge in [-0.05, 0) is 59.0 Å². The van der Waals surface area contributed by atoms with Crippen LogP contribution in [-0.2, 0) is 0 Å². The van der Waals surface area contributed by atoms with Gasteiger partial charge < -0.3 is 4.74 Å². The molecule has 0 saturated heterocycles. The van der Waals surface area contributed by atoms with Crippen molar-refractivity contribution < 1.29 is 9.53 Å². The summed E-state index contributed by atoms with van der Waals surface area (Å²) in [5, 5.41) is 2.09. The van der Waals surface area contributed by atoms with Crippen LogP contribution < -0.4 is 4.74 Å². The molecular formula is C21H18O2S. The molecule has 0 bridgehead atoms. The Bertz CT molecular complexity index is 895. The van der Waals surface area contributed by atoms with Gasteiger partial charge in [0.15, 0.2) is 5.78 Å². The molecule has 0 fully saturated rings. The number of methoxy groups -OCH3 is 1. The van der Waals surface area contributed by atoms with Crippen LogP contribution in [0.1, 0.15) is 15.9 Å². The van der Waals surface area contributed by atoms with Crippen molar-refractivity contribution in [2.75, 3.05) is 13.4 Å². The standard InChI is InChI=1S/C21H18O2S/c1-23-19-9-8-16-13-18(7-6-17(16)14-19)21(22)12-5-15-3-10-20(24-2)11-4-15/h3-14H,1-2H3/b12-5+. The summed E-state index contributed by atoms with van der Waals surface area (Å²) in [7, 11) is 1.65. The Balaban J connectivity index is 1.81. The van der Waals surface area contributed by atoms with E-state index < -0.39 is 0 Å². The summed E-state index contributed by atoms with van der Waals surface area (Å²) >= 11 is 1.70. The fourth-order valence-electron chi connectivity index (χ4n) is 2.49. The lowest BCUT2D eigenvalue weighted by atomic mass is 10.0. The molecule has 0 amide bonds. The lowest BCUT2D eigenvalue weighted by molar-refractivity contribution is 0.104. The minimum atomic E-state index is 0.00154. The minimum Gasteiger partial charge on any atom is -0.497 e. The molecule has 24 heavy (non-hydrogen) atoms. The molecule has 0 aliphatic rings. The molecule has 0 atom stereocenters. The second-order valence-corrected chi connectivity index (χ2v) is 6.28. The van der Waals surface area contributed by atoms with Gasteiger partial charge >= 0.3 is 0 Å². The normalized spacial score (nSPS) is 11.1. The van der Waals surface area contributed by atoms with E-state index in [-0.39, 0.29) is 5.78 Å². The zero-order valence-corrected chi connectivity index (χ0v) is 14.5. The van der Waals surface area contributed by atoms with Crippen molar-refractivity contribution in [3.63, 3.8) is 0 Å². The van der Waals surface area contributed by atoms with Crippen LogP contribution in [0.25, 0.3) is 16.8 Å². The van der Waals surface area contributed by atoms with Crippen LogP contribution in [-0.4, -0.2) is 19.1 Å². The second-order valence-electron chi connectivity index (χ2n) is 5.40. The molecule has 3 heteroatoms. The summed E-state index contributed by atoms with van der Waals surface area (Å²) in [6.45, 7) is 0. The molecule has 0 radical (unpaired) electrons. The van der Waals surface area contributed by atoms with Crippen LogP contribution in [0, 0.1) is 0 Å².